The highest BCUT2D eigenvalue weighted by Gasteiger charge is 2.28. The third-order valence-electron chi connectivity index (χ3n) is 4.54. The predicted molar refractivity (Wildman–Crippen MR) is 78.1 cm³/mol. The highest BCUT2D eigenvalue weighted by Crippen LogP contribution is 2.41. The molecule has 0 atom stereocenters. The second kappa shape index (κ2) is 4.76. The largest absolute Gasteiger partial charge is 0.474 e. The van der Waals surface area contributed by atoms with E-state index >= 15 is 0 Å². The number of nitrogens with one attached hydrogen (secondary N) is 1. The van der Waals surface area contributed by atoms with Gasteiger partial charge in [0.2, 0.25) is 5.88 Å². The maximum absolute atomic E-state index is 6.26. The van der Waals surface area contributed by atoms with Crippen LogP contribution in [0.3, 0.4) is 0 Å². The molecule has 106 valence electrons. The Hall–Kier alpha value is -1.58. The third kappa shape index (κ3) is 2.17. The monoisotopic (exact) mass is 271 g/mol. The summed E-state index contributed by atoms with van der Waals surface area (Å²) in [4.78, 5) is 4.81. The molecule has 2 heterocycles. The molecule has 2 aromatic rings. The molecule has 0 radical (unpaired) electrons. The number of aromatic amines is 1. The molecular formula is C16H21N3O. The van der Waals surface area contributed by atoms with E-state index in [2.05, 4.69) is 16.3 Å². The molecule has 0 bridgehead atoms. The zero-order valence-electron chi connectivity index (χ0n) is 12.0. The summed E-state index contributed by atoms with van der Waals surface area (Å²) in [7, 11) is 0. The Kier molecular flexibility index (Phi) is 2.90. The van der Waals surface area contributed by atoms with E-state index in [1.54, 1.807) is 0 Å². The Morgan fingerprint density at radius 2 is 1.95 bits per heavy atom. The van der Waals surface area contributed by atoms with Crippen molar-refractivity contribution in [2.24, 2.45) is 0 Å². The van der Waals surface area contributed by atoms with Crippen LogP contribution < -0.4 is 4.74 Å². The first-order valence-electron chi connectivity index (χ1n) is 7.83. The number of hydrogen-bond donors (Lipinski definition) is 1. The predicted octanol–water partition coefficient (Wildman–Crippen LogP) is 3.86. The smallest absolute Gasteiger partial charge is 0.225 e. The minimum absolute atomic E-state index is 0.336. The van der Waals surface area contributed by atoms with Crippen molar-refractivity contribution in [3.8, 4) is 5.88 Å². The number of rotatable bonds is 3. The van der Waals surface area contributed by atoms with Crippen molar-refractivity contribution in [3.63, 3.8) is 0 Å². The van der Waals surface area contributed by atoms with Crippen molar-refractivity contribution >= 4 is 10.9 Å². The molecule has 2 aliphatic carbocycles. The highest BCUT2D eigenvalue weighted by molar-refractivity contribution is 5.86. The van der Waals surface area contributed by atoms with Crippen LogP contribution in [-0.2, 0) is 0 Å². The van der Waals surface area contributed by atoms with E-state index in [0.29, 0.717) is 12.0 Å². The maximum atomic E-state index is 6.26. The average molecular weight is 271 g/mol. The minimum Gasteiger partial charge on any atom is -0.474 e. The van der Waals surface area contributed by atoms with E-state index in [4.69, 9.17) is 9.72 Å². The van der Waals surface area contributed by atoms with Crippen LogP contribution in [0.5, 0.6) is 5.88 Å². The van der Waals surface area contributed by atoms with Gasteiger partial charge in [-0.3, -0.25) is 5.10 Å². The molecule has 0 amide bonds. The van der Waals surface area contributed by atoms with Crippen molar-refractivity contribution in [2.75, 3.05) is 0 Å². The van der Waals surface area contributed by atoms with Crippen LogP contribution >= 0.6 is 0 Å². The van der Waals surface area contributed by atoms with Gasteiger partial charge in [0, 0.05) is 11.6 Å². The van der Waals surface area contributed by atoms with Crippen LogP contribution in [0.25, 0.3) is 10.9 Å². The second-order valence-electron chi connectivity index (χ2n) is 6.24. The number of fused-ring (bicyclic) bond motifs is 1. The lowest BCUT2D eigenvalue weighted by Crippen LogP contribution is -2.20. The average Bonchev–Trinajstić information content (AvgIpc) is 3.25. The molecule has 0 spiro atoms. The Balaban J connectivity index is 1.72. The van der Waals surface area contributed by atoms with Gasteiger partial charge in [0.25, 0.3) is 0 Å². The third-order valence-corrected chi connectivity index (χ3v) is 4.54. The van der Waals surface area contributed by atoms with Gasteiger partial charge < -0.3 is 4.74 Å². The van der Waals surface area contributed by atoms with E-state index in [1.165, 1.54) is 37.8 Å². The van der Waals surface area contributed by atoms with Gasteiger partial charge in [-0.05, 0) is 51.5 Å². The lowest BCUT2D eigenvalue weighted by molar-refractivity contribution is 0.150. The summed E-state index contributed by atoms with van der Waals surface area (Å²) >= 11 is 0. The van der Waals surface area contributed by atoms with Crippen molar-refractivity contribution in [2.45, 2.75) is 63.9 Å². The maximum Gasteiger partial charge on any atom is 0.225 e. The molecule has 2 saturated carbocycles. The molecule has 2 aliphatic rings. The van der Waals surface area contributed by atoms with Gasteiger partial charge in [0.05, 0.1) is 16.6 Å². The molecule has 2 fully saturated rings. The molecule has 4 nitrogen and oxygen atoms in total. The van der Waals surface area contributed by atoms with Crippen molar-refractivity contribution in [1.82, 2.24) is 15.2 Å². The fourth-order valence-electron chi connectivity index (χ4n) is 3.19. The van der Waals surface area contributed by atoms with Crippen molar-refractivity contribution in [1.29, 1.82) is 0 Å². The van der Waals surface area contributed by atoms with Gasteiger partial charge in [0.15, 0.2) is 0 Å². The first kappa shape index (κ1) is 12.2. The molecular weight excluding hydrogens is 250 g/mol. The van der Waals surface area contributed by atoms with Crippen LogP contribution in [0.4, 0.5) is 0 Å². The van der Waals surface area contributed by atoms with Crippen LogP contribution in [0.1, 0.15) is 62.3 Å². The van der Waals surface area contributed by atoms with Crippen LogP contribution in [0.2, 0.25) is 0 Å². The fourth-order valence-corrected chi connectivity index (χ4v) is 3.19. The number of aryl methyl sites for hydroxylation is 1. The first-order valence-corrected chi connectivity index (χ1v) is 7.83. The van der Waals surface area contributed by atoms with Crippen LogP contribution in [0, 0.1) is 6.92 Å². The zero-order chi connectivity index (χ0) is 13.5. The Morgan fingerprint density at radius 1 is 1.15 bits per heavy atom. The Labute approximate surface area is 118 Å². The van der Waals surface area contributed by atoms with E-state index in [0.717, 1.165) is 35.3 Å². The summed E-state index contributed by atoms with van der Waals surface area (Å²) in [6.45, 7) is 2.02. The molecule has 0 unspecified atom stereocenters. The molecule has 20 heavy (non-hydrogen) atoms. The number of H-pyrrole nitrogens is 1. The first-order chi connectivity index (χ1) is 9.81. The Bertz CT molecular complexity index is 624. The van der Waals surface area contributed by atoms with Crippen LogP contribution in [-0.4, -0.2) is 21.3 Å². The molecule has 0 aliphatic heterocycles. The molecule has 0 saturated heterocycles. The molecule has 4 rings (SSSR count). The molecule has 4 heteroatoms. The van der Waals surface area contributed by atoms with Gasteiger partial charge in [-0.15, -0.1) is 0 Å². The summed E-state index contributed by atoms with van der Waals surface area (Å²) < 4.78 is 6.26. The van der Waals surface area contributed by atoms with Gasteiger partial charge in [0.1, 0.15) is 6.10 Å². The zero-order valence-corrected chi connectivity index (χ0v) is 12.0. The quantitative estimate of drug-likeness (QED) is 0.922. The molecule has 0 aromatic carbocycles. The normalized spacial score (nSPS) is 20.4. The number of pyridine rings is 1. The topological polar surface area (TPSA) is 50.8 Å². The van der Waals surface area contributed by atoms with E-state index in [-0.39, 0.29) is 0 Å². The highest BCUT2D eigenvalue weighted by atomic mass is 16.5. The van der Waals surface area contributed by atoms with E-state index in [1.807, 2.05) is 6.92 Å². The number of nitrogens with zero attached hydrogens (tertiary/aromatic N) is 2. The van der Waals surface area contributed by atoms with Gasteiger partial charge in [-0.1, -0.05) is 6.42 Å². The lowest BCUT2D eigenvalue weighted by atomic mass is 9.98. The fraction of sp³-hybridized carbons (Fsp3) is 0.625. The lowest BCUT2D eigenvalue weighted by Gasteiger charge is -2.23. The SMILES string of the molecule is Cc1n[nH]c2cc(C3CC3)nc(OC3CCCCC3)c12. The second-order valence-corrected chi connectivity index (χ2v) is 6.24. The number of hydrogen-bond acceptors (Lipinski definition) is 3. The van der Waals surface area contributed by atoms with Crippen LogP contribution in [0.15, 0.2) is 6.07 Å². The Morgan fingerprint density at radius 3 is 2.70 bits per heavy atom. The minimum atomic E-state index is 0.336. The summed E-state index contributed by atoms with van der Waals surface area (Å²) in [5, 5.41) is 8.51. The number of aromatic nitrogens is 3. The van der Waals surface area contributed by atoms with Gasteiger partial charge >= 0.3 is 0 Å². The molecule has 2 aromatic heterocycles. The summed E-state index contributed by atoms with van der Waals surface area (Å²) in [5.41, 5.74) is 3.23. The van der Waals surface area contributed by atoms with Gasteiger partial charge in [-0.2, -0.15) is 5.10 Å². The van der Waals surface area contributed by atoms with E-state index in [9.17, 15) is 0 Å². The number of ether oxygens (including phenoxy) is 1. The summed E-state index contributed by atoms with van der Waals surface area (Å²) in [6, 6.07) is 2.15. The molecule has 1 N–H and O–H groups in total. The summed E-state index contributed by atoms with van der Waals surface area (Å²) in [6.07, 6.45) is 9.07. The van der Waals surface area contributed by atoms with Crippen molar-refractivity contribution < 1.29 is 4.74 Å². The van der Waals surface area contributed by atoms with E-state index < -0.39 is 0 Å². The van der Waals surface area contributed by atoms with Gasteiger partial charge in [-0.25, -0.2) is 4.98 Å². The van der Waals surface area contributed by atoms with Crippen molar-refractivity contribution in [3.05, 3.63) is 17.5 Å². The standard InChI is InChI=1S/C16H21N3O/c1-10-15-14(19-18-10)9-13(11-7-8-11)17-16(15)20-12-5-3-2-4-6-12/h9,11-12H,2-8H2,1H3,(H,18,19). The summed E-state index contributed by atoms with van der Waals surface area (Å²) in [5.74, 6) is 1.44.